The topological polar surface area (TPSA) is 55.2 Å². The zero-order chi connectivity index (χ0) is 16.0. The number of hydrogen-bond acceptors (Lipinski definition) is 4. The van der Waals surface area contributed by atoms with Crippen LogP contribution in [0.25, 0.3) is 10.9 Å². The van der Waals surface area contributed by atoms with Gasteiger partial charge in [0.1, 0.15) is 0 Å². The second kappa shape index (κ2) is 5.31. The lowest BCUT2D eigenvalue weighted by atomic mass is 9.99. The van der Waals surface area contributed by atoms with E-state index in [9.17, 15) is 9.59 Å². The zero-order valence-electron chi connectivity index (χ0n) is 12.6. The molecule has 0 radical (unpaired) electrons. The maximum Gasteiger partial charge on any atom is 0.260 e. The summed E-state index contributed by atoms with van der Waals surface area (Å²) >= 11 is 1.68. The van der Waals surface area contributed by atoms with Gasteiger partial charge in [-0.1, -0.05) is 6.07 Å². The number of carbonyl (C=O) groups is 1. The van der Waals surface area contributed by atoms with Crippen molar-refractivity contribution in [1.29, 1.82) is 0 Å². The molecule has 1 amide bonds. The quantitative estimate of drug-likeness (QED) is 0.728. The minimum Gasteiger partial charge on any atom is -0.331 e. The maximum atomic E-state index is 12.7. The van der Waals surface area contributed by atoms with Crippen molar-refractivity contribution in [3.8, 4) is 0 Å². The summed E-state index contributed by atoms with van der Waals surface area (Å²) in [6.07, 6.45) is 2.48. The molecule has 6 heteroatoms. The van der Waals surface area contributed by atoms with E-state index in [1.165, 1.54) is 15.8 Å². The second-order valence-corrected chi connectivity index (χ2v) is 6.69. The minimum absolute atomic E-state index is 0.000901. The molecule has 5 nitrogen and oxygen atoms in total. The molecule has 0 N–H and O–H groups in total. The fourth-order valence-electron chi connectivity index (χ4n) is 2.92. The van der Waals surface area contributed by atoms with Crippen molar-refractivity contribution in [2.45, 2.75) is 12.5 Å². The van der Waals surface area contributed by atoms with Gasteiger partial charge in [-0.2, -0.15) is 0 Å². The Bertz CT molecular complexity index is 946. The predicted octanol–water partition coefficient (Wildman–Crippen LogP) is 2.58. The molecule has 0 bridgehead atoms. The summed E-state index contributed by atoms with van der Waals surface area (Å²) in [5.41, 5.74) is 1.04. The van der Waals surface area contributed by atoms with Crippen LogP contribution in [0, 0.1) is 0 Å². The standard InChI is InChI=1S/C17H15N3O2S/c1-19-10-18-13-9-11(4-5-12(13)17(19)22)16(21)20-7-6-14(20)15-3-2-8-23-15/h2-5,8-10,14H,6-7H2,1H3. The van der Waals surface area contributed by atoms with E-state index in [2.05, 4.69) is 11.1 Å². The van der Waals surface area contributed by atoms with Crippen LogP contribution in [0.3, 0.4) is 0 Å². The van der Waals surface area contributed by atoms with Crippen LogP contribution in [0.5, 0.6) is 0 Å². The highest BCUT2D eigenvalue weighted by Crippen LogP contribution is 2.36. The number of hydrogen-bond donors (Lipinski definition) is 0. The summed E-state index contributed by atoms with van der Waals surface area (Å²) < 4.78 is 1.44. The molecule has 1 aliphatic heterocycles. The van der Waals surface area contributed by atoms with Crippen molar-refractivity contribution in [3.05, 3.63) is 62.8 Å². The number of aromatic nitrogens is 2. The SMILES string of the molecule is Cn1cnc2cc(C(=O)N3CCC3c3cccs3)ccc2c1=O. The number of fused-ring (bicyclic) bond motifs is 1. The summed E-state index contributed by atoms with van der Waals surface area (Å²) in [4.78, 5) is 32.1. The highest BCUT2D eigenvalue weighted by atomic mass is 32.1. The first-order valence-electron chi connectivity index (χ1n) is 7.45. The Balaban J connectivity index is 1.68. The van der Waals surface area contributed by atoms with E-state index in [0.717, 1.165) is 13.0 Å². The lowest BCUT2D eigenvalue weighted by Crippen LogP contribution is -2.44. The van der Waals surface area contributed by atoms with Gasteiger partial charge in [0.25, 0.3) is 11.5 Å². The van der Waals surface area contributed by atoms with Crippen molar-refractivity contribution in [2.75, 3.05) is 6.54 Å². The van der Waals surface area contributed by atoms with Gasteiger partial charge in [-0.3, -0.25) is 9.59 Å². The van der Waals surface area contributed by atoms with Gasteiger partial charge in [0.05, 0.1) is 23.3 Å². The van der Waals surface area contributed by atoms with Gasteiger partial charge in [0.15, 0.2) is 0 Å². The van der Waals surface area contributed by atoms with E-state index in [1.54, 1.807) is 36.6 Å². The molecular weight excluding hydrogens is 310 g/mol. The molecular formula is C17H15N3O2S. The Kier molecular flexibility index (Phi) is 3.27. The van der Waals surface area contributed by atoms with Crippen LogP contribution < -0.4 is 5.56 Å². The van der Waals surface area contributed by atoms with Gasteiger partial charge in [-0.25, -0.2) is 4.98 Å². The summed E-state index contributed by atoms with van der Waals surface area (Å²) in [5.74, 6) is -0.000901. The maximum absolute atomic E-state index is 12.7. The first-order chi connectivity index (χ1) is 11.1. The predicted molar refractivity (Wildman–Crippen MR) is 89.7 cm³/mol. The summed E-state index contributed by atoms with van der Waals surface area (Å²) in [6, 6.07) is 9.38. The number of benzene rings is 1. The van der Waals surface area contributed by atoms with Crippen molar-refractivity contribution >= 4 is 28.1 Å². The Labute approximate surface area is 136 Å². The number of likely N-dealkylation sites (tertiary alicyclic amines) is 1. The summed E-state index contributed by atoms with van der Waals surface area (Å²) in [7, 11) is 1.67. The van der Waals surface area contributed by atoms with Gasteiger partial charge < -0.3 is 9.47 Å². The van der Waals surface area contributed by atoms with E-state index in [0.29, 0.717) is 16.5 Å². The molecule has 1 unspecified atom stereocenters. The van der Waals surface area contributed by atoms with E-state index in [1.807, 2.05) is 16.3 Å². The molecule has 116 valence electrons. The first kappa shape index (κ1) is 14.1. The Morgan fingerprint density at radius 2 is 2.22 bits per heavy atom. The molecule has 3 aromatic rings. The molecule has 23 heavy (non-hydrogen) atoms. The van der Waals surface area contributed by atoms with Crippen LogP contribution in [0.4, 0.5) is 0 Å². The molecule has 1 atom stereocenters. The number of carbonyl (C=O) groups excluding carboxylic acids is 1. The van der Waals surface area contributed by atoms with Crippen molar-refractivity contribution in [1.82, 2.24) is 14.5 Å². The number of nitrogens with zero attached hydrogens (tertiary/aromatic N) is 3. The molecule has 1 fully saturated rings. The first-order valence-corrected chi connectivity index (χ1v) is 8.33. The minimum atomic E-state index is -0.102. The molecule has 0 saturated carbocycles. The Hall–Kier alpha value is -2.47. The second-order valence-electron chi connectivity index (χ2n) is 5.71. The van der Waals surface area contributed by atoms with Crippen LogP contribution in [0.15, 0.2) is 46.8 Å². The van der Waals surface area contributed by atoms with Gasteiger partial charge in [-0.15, -0.1) is 11.3 Å². The van der Waals surface area contributed by atoms with Gasteiger partial charge in [0, 0.05) is 24.0 Å². The lowest BCUT2D eigenvalue weighted by Gasteiger charge is -2.40. The fourth-order valence-corrected chi connectivity index (χ4v) is 3.79. The lowest BCUT2D eigenvalue weighted by molar-refractivity contribution is 0.0468. The number of rotatable bonds is 2. The van der Waals surface area contributed by atoms with Crippen molar-refractivity contribution in [2.24, 2.45) is 7.05 Å². The van der Waals surface area contributed by atoms with E-state index < -0.39 is 0 Å². The van der Waals surface area contributed by atoms with Crippen LogP contribution in [0.1, 0.15) is 27.7 Å². The average molecular weight is 325 g/mol. The van der Waals surface area contributed by atoms with E-state index >= 15 is 0 Å². The normalized spacial score (nSPS) is 17.3. The molecule has 1 aromatic carbocycles. The molecule has 2 aromatic heterocycles. The monoisotopic (exact) mass is 325 g/mol. The van der Waals surface area contributed by atoms with Crippen LogP contribution in [-0.2, 0) is 7.05 Å². The Morgan fingerprint density at radius 3 is 2.91 bits per heavy atom. The van der Waals surface area contributed by atoms with Crippen molar-refractivity contribution in [3.63, 3.8) is 0 Å². The number of aryl methyl sites for hydroxylation is 1. The van der Waals surface area contributed by atoms with Crippen molar-refractivity contribution < 1.29 is 4.79 Å². The van der Waals surface area contributed by atoms with Gasteiger partial charge >= 0.3 is 0 Å². The average Bonchev–Trinajstić information content (AvgIpc) is 3.03. The number of amides is 1. The Morgan fingerprint density at radius 1 is 1.35 bits per heavy atom. The van der Waals surface area contributed by atoms with E-state index in [4.69, 9.17) is 0 Å². The van der Waals surface area contributed by atoms with Crippen LogP contribution in [0.2, 0.25) is 0 Å². The van der Waals surface area contributed by atoms with Gasteiger partial charge in [-0.05, 0) is 36.1 Å². The molecule has 1 saturated heterocycles. The van der Waals surface area contributed by atoms with E-state index in [-0.39, 0.29) is 17.5 Å². The summed E-state index contributed by atoms with van der Waals surface area (Å²) in [6.45, 7) is 0.767. The van der Waals surface area contributed by atoms with Crippen LogP contribution in [-0.4, -0.2) is 26.9 Å². The molecule has 3 heterocycles. The third-order valence-corrected chi connectivity index (χ3v) is 5.29. The highest BCUT2D eigenvalue weighted by Gasteiger charge is 2.34. The van der Waals surface area contributed by atoms with Gasteiger partial charge in [0.2, 0.25) is 0 Å². The number of thiophene rings is 1. The smallest absolute Gasteiger partial charge is 0.260 e. The fraction of sp³-hybridized carbons (Fsp3) is 0.235. The molecule has 0 spiro atoms. The summed E-state index contributed by atoms with van der Waals surface area (Å²) in [5, 5.41) is 2.57. The largest absolute Gasteiger partial charge is 0.331 e. The van der Waals surface area contributed by atoms with Crippen LogP contribution >= 0.6 is 11.3 Å². The molecule has 1 aliphatic rings. The zero-order valence-corrected chi connectivity index (χ0v) is 13.4. The third-order valence-electron chi connectivity index (χ3n) is 4.32. The third kappa shape index (κ3) is 2.26. The molecule has 0 aliphatic carbocycles. The molecule has 4 rings (SSSR count). The highest BCUT2D eigenvalue weighted by molar-refractivity contribution is 7.10.